The maximum absolute atomic E-state index is 12.2. The van der Waals surface area contributed by atoms with Crippen LogP contribution in [0.5, 0.6) is 0 Å². The molecule has 0 aromatic carbocycles. The lowest BCUT2D eigenvalue weighted by Gasteiger charge is -2.32. The molecule has 0 unspecified atom stereocenters. The molecule has 1 fully saturated rings. The Morgan fingerprint density at radius 3 is 2.58 bits per heavy atom. The first-order chi connectivity index (χ1) is 12.7. The van der Waals surface area contributed by atoms with Gasteiger partial charge in [-0.1, -0.05) is 0 Å². The topological polar surface area (TPSA) is 81.7 Å². The highest BCUT2D eigenvalue weighted by atomic mass is 16.1. The molecule has 1 aliphatic heterocycles. The zero-order valence-corrected chi connectivity index (χ0v) is 14.7. The lowest BCUT2D eigenvalue weighted by Crippen LogP contribution is -2.37. The standard InChI is InChI=1S/C18H21N7O/c1-14-3-4-16(21-20-14)23-11-7-15(8-12-23)13-25-18(26)6-5-17(22-25)24-10-2-9-19-24/h2-6,9-10,15H,7-8,11-13H2,1H3. The van der Waals surface area contributed by atoms with Crippen LogP contribution in [-0.4, -0.2) is 42.8 Å². The van der Waals surface area contributed by atoms with Crippen LogP contribution in [0, 0.1) is 12.8 Å². The second kappa shape index (κ2) is 7.07. The number of anilines is 1. The third kappa shape index (κ3) is 3.49. The second-order valence-electron chi connectivity index (χ2n) is 6.63. The van der Waals surface area contributed by atoms with Crippen molar-refractivity contribution in [2.24, 2.45) is 5.92 Å². The average molecular weight is 351 g/mol. The van der Waals surface area contributed by atoms with Gasteiger partial charge in [-0.05, 0) is 49.9 Å². The summed E-state index contributed by atoms with van der Waals surface area (Å²) in [4.78, 5) is 14.4. The van der Waals surface area contributed by atoms with Crippen molar-refractivity contribution in [3.63, 3.8) is 0 Å². The van der Waals surface area contributed by atoms with E-state index >= 15 is 0 Å². The molecule has 0 saturated carbocycles. The van der Waals surface area contributed by atoms with E-state index in [-0.39, 0.29) is 5.56 Å². The molecule has 26 heavy (non-hydrogen) atoms. The van der Waals surface area contributed by atoms with Crippen LogP contribution in [0.15, 0.2) is 47.5 Å². The third-order valence-electron chi connectivity index (χ3n) is 4.75. The fraction of sp³-hybridized carbons (Fsp3) is 0.389. The van der Waals surface area contributed by atoms with Gasteiger partial charge in [-0.15, -0.1) is 10.2 Å². The van der Waals surface area contributed by atoms with Crippen molar-refractivity contribution in [2.45, 2.75) is 26.3 Å². The lowest BCUT2D eigenvalue weighted by molar-refractivity contribution is 0.333. The zero-order valence-electron chi connectivity index (χ0n) is 14.7. The fourth-order valence-corrected chi connectivity index (χ4v) is 3.25. The van der Waals surface area contributed by atoms with Crippen LogP contribution in [0.25, 0.3) is 5.82 Å². The van der Waals surface area contributed by atoms with Crippen LogP contribution in [0.4, 0.5) is 5.82 Å². The monoisotopic (exact) mass is 351 g/mol. The van der Waals surface area contributed by atoms with E-state index in [2.05, 4.69) is 25.3 Å². The van der Waals surface area contributed by atoms with Gasteiger partial charge in [0.05, 0.1) is 5.69 Å². The zero-order chi connectivity index (χ0) is 17.9. The van der Waals surface area contributed by atoms with E-state index in [9.17, 15) is 4.79 Å². The molecular weight excluding hydrogens is 330 g/mol. The van der Waals surface area contributed by atoms with Gasteiger partial charge in [-0.25, -0.2) is 9.36 Å². The molecular formula is C18H21N7O. The molecule has 0 spiro atoms. The minimum Gasteiger partial charge on any atom is -0.355 e. The van der Waals surface area contributed by atoms with E-state index in [1.165, 1.54) is 0 Å². The number of aryl methyl sites for hydroxylation is 1. The molecule has 4 rings (SSSR count). The maximum Gasteiger partial charge on any atom is 0.266 e. The molecule has 4 heterocycles. The van der Waals surface area contributed by atoms with Gasteiger partial charge < -0.3 is 4.90 Å². The summed E-state index contributed by atoms with van der Waals surface area (Å²) in [6, 6.07) is 9.09. The Morgan fingerprint density at radius 2 is 1.88 bits per heavy atom. The molecule has 134 valence electrons. The summed E-state index contributed by atoms with van der Waals surface area (Å²) in [6.45, 7) is 4.39. The van der Waals surface area contributed by atoms with Crippen LogP contribution in [0.3, 0.4) is 0 Å². The summed E-state index contributed by atoms with van der Waals surface area (Å²) in [7, 11) is 0. The Labute approximate surface area is 151 Å². The first-order valence-electron chi connectivity index (χ1n) is 8.82. The first kappa shape index (κ1) is 16.4. The van der Waals surface area contributed by atoms with E-state index < -0.39 is 0 Å². The van der Waals surface area contributed by atoms with Gasteiger partial charge in [0.1, 0.15) is 0 Å². The minimum atomic E-state index is -0.0762. The van der Waals surface area contributed by atoms with Crippen molar-refractivity contribution >= 4 is 5.82 Å². The van der Waals surface area contributed by atoms with Gasteiger partial charge in [-0.3, -0.25) is 4.79 Å². The quantitative estimate of drug-likeness (QED) is 0.707. The molecule has 1 aliphatic rings. The van der Waals surface area contributed by atoms with Gasteiger partial charge in [0, 0.05) is 38.1 Å². The van der Waals surface area contributed by atoms with Gasteiger partial charge in [0.2, 0.25) is 0 Å². The van der Waals surface area contributed by atoms with Crippen LogP contribution in [0.1, 0.15) is 18.5 Å². The van der Waals surface area contributed by atoms with Gasteiger partial charge >= 0.3 is 0 Å². The maximum atomic E-state index is 12.2. The highest BCUT2D eigenvalue weighted by Gasteiger charge is 2.21. The summed E-state index contributed by atoms with van der Waals surface area (Å²) in [5.74, 6) is 2.00. The normalized spacial score (nSPS) is 15.3. The lowest BCUT2D eigenvalue weighted by atomic mass is 9.97. The molecule has 0 radical (unpaired) electrons. The van der Waals surface area contributed by atoms with E-state index in [1.54, 1.807) is 27.7 Å². The largest absolute Gasteiger partial charge is 0.355 e. The molecule has 0 aliphatic carbocycles. The first-order valence-corrected chi connectivity index (χ1v) is 8.82. The van der Waals surface area contributed by atoms with E-state index in [1.807, 2.05) is 31.3 Å². The Morgan fingerprint density at radius 1 is 1.08 bits per heavy atom. The Balaban J connectivity index is 1.42. The second-order valence-corrected chi connectivity index (χ2v) is 6.63. The minimum absolute atomic E-state index is 0.0762. The highest BCUT2D eigenvalue weighted by Crippen LogP contribution is 2.22. The summed E-state index contributed by atoms with van der Waals surface area (Å²) in [5, 5.41) is 17.0. The number of nitrogens with zero attached hydrogens (tertiary/aromatic N) is 7. The van der Waals surface area contributed by atoms with E-state index in [4.69, 9.17) is 0 Å². The predicted octanol–water partition coefficient (Wildman–Crippen LogP) is 1.44. The third-order valence-corrected chi connectivity index (χ3v) is 4.75. The Hall–Kier alpha value is -3.03. The molecule has 8 nitrogen and oxygen atoms in total. The molecule has 0 N–H and O–H groups in total. The number of piperidine rings is 1. The SMILES string of the molecule is Cc1ccc(N2CCC(Cn3nc(-n4cccn4)ccc3=O)CC2)nn1. The molecule has 8 heteroatoms. The summed E-state index contributed by atoms with van der Waals surface area (Å²) in [6.07, 6.45) is 5.50. The molecule has 3 aromatic rings. The van der Waals surface area contributed by atoms with Crippen LogP contribution in [0.2, 0.25) is 0 Å². The van der Waals surface area contributed by atoms with Crippen LogP contribution in [-0.2, 0) is 6.54 Å². The van der Waals surface area contributed by atoms with Crippen molar-refractivity contribution in [1.82, 2.24) is 29.8 Å². The molecule has 3 aromatic heterocycles. The van der Waals surface area contributed by atoms with Gasteiger partial charge in [-0.2, -0.15) is 10.2 Å². The van der Waals surface area contributed by atoms with Crippen molar-refractivity contribution in [1.29, 1.82) is 0 Å². The highest BCUT2D eigenvalue weighted by molar-refractivity contribution is 5.37. The Bertz CT molecular complexity index is 909. The van der Waals surface area contributed by atoms with Crippen molar-refractivity contribution in [3.8, 4) is 5.82 Å². The smallest absolute Gasteiger partial charge is 0.266 e. The summed E-state index contributed by atoms with van der Waals surface area (Å²) in [5.41, 5.74) is 0.846. The number of hydrogen-bond acceptors (Lipinski definition) is 6. The Kier molecular flexibility index (Phi) is 4.47. The van der Waals surface area contributed by atoms with Crippen molar-refractivity contribution < 1.29 is 0 Å². The van der Waals surface area contributed by atoms with Gasteiger partial charge in [0.25, 0.3) is 5.56 Å². The molecule has 0 amide bonds. The van der Waals surface area contributed by atoms with Gasteiger partial charge in [0.15, 0.2) is 11.6 Å². The van der Waals surface area contributed by atoms with Crippen LogP contribution < -0.4 is 10.5 Å². The molecule has 0 bridgehead atoms. The number of aromatic nitrogens is 6. The van der Waals surface area contributed by atoms with Crippen molar-refractivity contribution in [3.05, 3.63) is 58.8 Å². The number of rotatable bonds is 4. The molecule has 0 atom stereocenters. The van der Waals surface area contributed by atoms with E-state index in [0.717, 1.165) is 37.4 Å². The van der Waals surface area contributed by atoms with E-state index in [0.29, 0.717) is 18.3 Å². The summed E-state index contributed by atoms with van der Waals surface area (Å²) >= 11 is 0. The van der Waals surface area contributed by atoms with Crippen molar-refractivity contribution in [2.75, 3.05) is 18.0 Å². The fourth-order valence-electron chi connectivity index (χ4n) is 3.25. The summed E-state index contributed by atoms with van der Waals surface area (Å²) < 4.78 is 3.22. The number of hydrogen-bond donors (Lipinski definition) is 0. The average Bonchev–Trinajstić information content (AvgIpc) is 3.20. The van der Waals surface area contributed by atoms with Crippen LogP contribution >= 0.6 is 0 Å². The molecule has 1 saturated heterocycles. The predicted molar refractivity (Wildman–Crippen MR) is 97.3 cm³/mol.